The van der Waals surface area contributed by atoms with Gasteiger partial charge in [0.25, 0.3) is 0 Å². The predicted molar refractivity (Wildman–Crippen MR) is 194 cm³/mol. The fraction of sp³-hybridized carbons (Fsp3) is 0.318. The summed E-state index contributed by atoms with van der Waals surface area (Å²) in [7, 11) is 0. The van der Waals surface area contributed by atoms with E-state index in [1.807, 2.05) is 6.07 Å². The van der Waals surface area contributed by atoms with Crippen molar-refractivity contribution in [3.05, 3.63) is 179 Å². The molecule has 248 valence electrons. The Kier molecular flexibility index (Phi) is 12.6. The van der Waals surface area contributed by atoms with Crippen LogP contribution in [0.15, 0.2) is 152 Å². The van der Waals surface area contributed by atoms with Gasteiger partial charge in [0.05, 0.1) is 25.9 Å². The van der Waals surface area contributed by atoms with E-state index >= 15 is 0 Å². The van der Waals surface area contributed by atoms with Crippen molar-refractivity contribution in [2.45, 2.75) is 63.7 Å². The maximum atomic E-state index is 6.83. The molecule has 1 fully saturated rings. The van der Waals surface area contributed by atoms with E-state index in [0.29, 0.717) is 32.3 Å². The van der Waals surface area contributed by atoms with Crippen LogP contribution in [-0.2, 0) is 27.4 Å². The van der Waals surface area contributed by atoms with E-state index in [1.54, 1.807) is 0 Å². The molecule has 0 unspecified atom stereocenters. The summed E-state index contributed by atoms with van der Waals surface area (Å²) in [5.41, 5.74) is 6.08. The summed E-state index contributed by atoms with van der Waals surface area (Å²) < 4.78 is 20.0. The molecule has 1 saturated heterocycles. The second-order valence-corrected chi connectivity index (χ2v) is 13.0. The van der Waals surface area contributed by atoms with Crippen LogP contribution in [0, 0.1) is 5.92 Å². The lowest BCUT2D eigenvalue weighted by Gasteiger charge is -2.46. The third-order valence-electron chi connectivity index (χ3n) is 9.72. The molecular weight excluding hydrogens is 590 g/mol. The third kappa shape index (κ3) is 9.52. The molecule has 4 atom stereocenters. The molecule has 1 aliphatic rings. The molecule has 0 amide bonds. The lowest BCUT2D eigenvalue weighted by molar-refractivity contribution is -0.0969. The van der Waals surface area contributed by atoms with Gasteiger partial charge in [-0.2, -0.15) is 0 Å². The van der Waals surface area contributed by atoms with Crippen LogP contribution >= 0.6 is 0 Å². The first-order valence-corrected chi connectivity index (χ1v) is 17.5. The van der Waals surface area contributed by atoms with E-state index in [9.17, 15) is 0 Å². The first-order valence-electron chi connectivity index (χ1n) is 17.5. The maximum absolute atomic E-state index is 6.83. The van der Waals surface area contributed by atoms with Gasteiger partial charge in [0.15, 0.2) is 0 Å². The number of nitrogens with zero attached hydrogens (tertiary/aromatic N) is 1. The molecule has 0 radical (unpaired) electrons. The number of piperidine rings is 1. The number of hydrogen-bond donors (Lipinski definition) is 0. The first-order chi connectivity index (χ1) is 23.7. The van der Waals surface area contributed by atoms with Crippen molar-refractivity contribution in [1.29, 1.82) is 0 Å². The van der Waals surface area contributed by atoms with Gasteiger partial charge in [-0.3, -0.25) is 4.90 Å². The summed E-state index contributed by atoms with van der Waals surface area (Å²) in [4.78, 5) is 2.67. The molecule has 48 heavy (non-hydrogen) atoms. The van der Waals surface area contributed by atoms with E-state index < -0.39 is 0 Å². The number of rotatable bonds is 16. The number of ether oxygens (including phenoxy) is 3. The quantitative estimate of drug-likeness (QED) is 0.108. The van der Waals surface area contributed by atoms with Gasteiger partial charge in [-0.1, -0.05) is 152 Å². The standard InChI is InChI=1S/C44H49NO3/c1-35(39-21-11-4-12-22-39)45-29-27-36(28-30-47-44(40-23-13-5-14-24-40)41-25-15-6-16-26-41)31-42(45)43(48-33-38-19-9-3-10-20-38)34-46-32-37-17-7-2-8-18-37/h2-26,35-36,42-44H,27-34H2,1H3/t35-,36-,42+,43+/m0/s1. The van der Waals surface area contributed by atoms with Crippen molar-refractivity contribution in [2.75, 3.05) is 19.8 Å². The number of hydrogen-bond acceptors (Lipinski definition) is 4. The summed E-state index contributed by atoms with van der Waals surface area (Å²) in [6.45, 7) is 5.74. The van der Waals surface area contributed by atoms with Crippen LogP contribution in [0.5, 0.6) is 0 Å². The van der Waals surface area contributed by atoms with Crippen molar-refractivity contribution in [3.63, 3.8) is 0 Å². The molecule has 0 aromatic heterocycles. The van der Waals surface area contributed by atoms with Gasteiger partial charge in [0.2, 0.25) is 0 Å². The zero-order chi connectivity index (χ0) is 32.8. The Balaban J connectivity index is 1.19. The molecule has 5 aromatic carbocycles. The largest absolute Gasteiger partial charge is 0.374 e. The Bertz CT molecular complexity index is 1540. The molecule has 4 nitrogen and oxygen atoms in total. The Morgan fingerprint density at radius 3 is 1.67 bits per heavy atom. The SMILES string of the molecule is C[C@@H](c1ccccc1)N1CC[C@@H](CCOC(c2ccccc2)c2ccccc2)C[C@@H]1[C@@H](COCc1ccccc1)OCc1ccccc1. The maximum Gasteiger partial charge on any atom is 0.108 e. The van der Waals surface area contributed by atoms with Crippen LogP contribution in [0.25, 0.3) is 0 Å². The van der Waals surface area contributed by atoms with E-state index in [1.165, 1.54) is 27.8 Å². The lowest BCUT2D eigenvalue weighted by Crippen LogP contribution is -2.52. The highest BCUT2D eigenvalue weighted by Gasteiger charge is 2.37. The van der Waals surface area contributed by atoms with Gasteiger partial charge >= 0.3 is 0 Å². The highest BCUT2D eigenvalue weighted by Crippen LogP contribution is 2.36. The Labute approximate surface area is 287 Å². The molecular formula is C44H49NO3. The van der Waals surface area contributed by atoms with Crippen LogP contribution in [0.1, 0.15) is 66.1 Å². The molecule has 0 saturated carbocycles. The van der Waals surface area contributed by atoms with Crippen molar-refractivity contribution in [2.24, 2.45) is 5.92 Å². The molecule has 1 heterocycles. The van der Waals surface area contributed by atoms with Crippen LogP contribution < -0.4 is 0 Å². The van der Waals surface area contributed by atoms with Crippen molar-refractivity contribution in [1.82, 2.24) is 4.90 Å². The van der Waals surface area contributed by atoms with E-state index in [4.69, 9.17) is 14.2 Å². The molecule has 0 aliphatic carbocycles. The molecule has 0 spiro atoms. The molecule has 0 bridgehead atoms. The van der Waals surface area contributed by atoms with Crippen molar-refractivity contribution in [3.8, 4) is 0 Å². The minimum absolute atomic E-state index is 0.0743. The van der Waals surface area contributed by atoms with E-state index in [-0.39, 0.29) is 24.3 Å². The van der Waals surface area contributed by atoms with Gasteiger partial charge in [-0.05, 0) is 66.5 Å². The van der Waals surface area contributed by atoms with Crippen LogP contribution in [0.3, 0.4) is 0 Å². The van der Waals surface area contributed by atoms with Crippen LogP contribution in [0.2, 0.25) is 0 Å². The van der Waals surface area contributed by atoms with Gasteiger partial charge in [-0.25, -0.2) is 0 Å². The van der Waals surface area contributed by atoms with Gasteiger partial charge in [0, 0.05) is 18.7 Å². The lowest BCUT2D eigenvalue weighted by atomic mass is 9.84. The summed E-state index contributed by atoms with van der Waals surface area (Å²) in [6.07, 6.45) is 3.03. The summed E-state index contributed by atoms with van der Waals surface area (Å²) in [5.74, 6) is 0.526. The minimum Gasteiger partial charge on any atom is -0.374 e. The smallest absolute Gasteiger partial charge is 0.108 e. The second kappa shape index (κ2) is 17.9. The monoisotopic (exact) mass is 639 g/mol. The van der Waals surface area contributed by atoms with Gasteiger partial charge < -0.3 is 14.2 Å². The van der Waals surface area contributed by atoms with Crippen LogP contribution in [0.4, 0.5) is 0 Å². The first kappa shape index (κ1) is 33.8. The van der Waals surface area contributed by atoms with Crippen molar-refractivity contribution < 1.29 is 14.2 Å². The Morgan fingerprint density at radius 1 is 0.604 bits per heavy atom. The van der Waals surface area contributed by atoms with E-state index in [2.05, 4.69) is 157 Å². The van der Waals surface area contributed by atoms with Gasteiger partial charge in [0.1, 0.15) is 6.10 Å². The fourth-order valence-corrected chi connectivity index (χ4v) is 7.03. The second-order valence-electron chi connectivity index (χ2n) is 13.0. The van der Waals surface area contributed by atoms with Crippen molar-refractivity contribution >= 4 is 0 Å². The van der Waals surface area contributed by atoms with E-state index in [0.717, 1.165) is 25.8 Å². The van der Waals surface area contributed by atoms with Gasteiger partial charge in [-0.15, -0.1) is 0 Å². The molecule has 6 rings (SSSR count). The highest BCUT2D eigenvalue weighted by molar-refractivity contribution is 5.30. The number of benzene rings is 5. The summed E-state index contributed by atoms with van der Waals surface area (Å²) in [6, 6.07) is 53.5. The Hall–Kier alpha value is -4.06. The molecule has 1 aliphatic heterocycles. The van der Waals surface area contributed by atoms with Crippen LogP contribution in [-0.4, -0.2) is 36.8 Å². The molecule has 0 N–H and O–H groups in total. The third-order valence-corrected chi connectivity index (χ3v) is 9.72. The normalized spacial score (nSPS) is 18.0. The fourth-order valence-electron chi connectivity index (χ4n) is 7.03. The Morgan fingerprint density at radius 2 is 1.10 bits per heavy atom. The minimum atomic E-state index is -0.0785. The highest BCUT2D eigenvalue weighted by atomic mass is 16.5. The molecule has 4 heteroatoms. The zero-order valence-electron chi connectivity index (χ0n) is 28.1. The average Bonchev–Trinajstić information content (AvgIpc) is 3.16. The average molecular weight is 640 g/mol. The summed E-state index contributed by atoms with van der Waals surface area (Å²) in [5, 5.41) is 0. The predicted octanol–water partition coefficient (Wildman–Crippen LogP) is 9.83. The number of likely N-dealkylation sites (tertiary alicyclic amines) is 1. The topological polar surface area (TPSA) is 30.9 Å². The summed E-state index contributed by atoms with van der Waals surface area (Å²) >= 11 is 0. The zero-order valence-corrected chi connectivity index (χ0v) is 28.1. The molecule has 5 aromatic rings.